The molecule has 1 aliphatic rings. The summed E-state index contributed by atoms with van der Waals surface area (Å²) in [6.07, 6.45) is 5.24. The van der Waals surface area contributed by atoms with Crippen molar-refractivity contribution < 1.29 is 28.0 Å². The zero-order chi connectivity index (χ0) is 28.7. The number of esters is 1. The second-order valence-electron chi connectivity index (χ2n) is 9.66. The summed E-state index contributed by atoms with van der Waals surface area (Å²) in [5, 5.41) is 0.668. The topological polar surface area (TPSA) is 90.0 Å². The van der Waals surface area contributed by atoms with Crippen molar-refractivity contribution in [2.24, 2.45) is 0 Å². The molecule has 2 aromatic heterocycles. The van der Waals surface area contributed by atoms with Crippen molar-refractivity contribution in [2.75, 3.05) is 4.90 Å². The summed E-state index contributed by atoms with van der Waals surface area (Å²) in [6, 6.07) is 23.6. The van der Waals surface area contributed by atoms with E-state index in [1.807, 2.05) is 55.5 Å². The van der Waals surface area contributed by atoms with Gasteiger partial charge in [-0.2, -0.15) is 0 Å². The first kappa shape index (κ1) is 26.4. The molecule has 0 fully saturated rings. The number of amides is 1. The normalized spacial score (nSPS) is 16.3. The molecule has 1 atom stereocenters. The van der Waals surface area contributed by atoms with Gasteiger partial charge in [0.2, 0.25) is 11.7 Å². The standard InChI is InChI=1S/C33H25NO6S/c1-20-25-18-26(29(39-22(3)36)19-28(25)40-32(20)31(37)23-10-5-4-6-11-23)33(16-15-24-12-9-17-38-24)34(21(2)35)27-13-7-8-14-30(27)41-33/h4-19H,1-3H3/b16-15+. The van der Waals surface area contributed by atoms with Gasteiger partial charge in [-0.15, -0.1) is 0 Å². The van der Waals surface area contributed by atoms with Crippen LogP contribution in [-0.2, 0) is 14.5 Å². The summed E-state index contributed by atoms with van der Waals surface area (Å²) in [5.41, 5.74) is 2.80. The van der Waals surface area contributed by atoms with Gasteiger partial charge in [0.25, 0.3) is 0 Å². The third kappa shape index (κ3) is 4.56. The second-order valence-corrected chi connectivity index (χ2v) is 10.9. The molecule has 5 aromatic rings. The lowest BCUT2D eigenvalue weighted by Gasteiger charge is -2.36. The van der Waals surface area contributed by atoms with Crippen LogP contribution < -0.4 is 9.64 Å². The van der Waals surface area contributed by atoms with Crippen LogP contribution in [0, 0.1) is 6.92 Å². The highest BCUT2D eigenvalue weighted by Crippen LogP contribution is 2.59. The maximum Gasteiger partial charge on any atom is 0.308 e. The smallest absolute Gasteiger partial charge is 0.308 e. The highest BCUT2D eigenvalue weighted by Gasteiger charge is 2.49. The number of anilines is 1. The Labute approximate surface area is 240 Å². The molecule has 41 heavy (non-hydrogen) atoms. The first-order valence-electron chi connectivity index (χ1n) is 13.0. The SMILES string of the molecule is CC(=O)Oc1cc2oc(C(=O)c3ccccc3)c(C)c2cc1C1(/C=C/c2ccco2)Sc2ccccc2N1C(C)=O. The minimum Gasteiger partial charge on any atom is -0.465 e. The van der Waals surface area contributed by atoms with Gasteiger partial charge in [0.1, 0.15) is 22.0 Å². The molecule has 0 N–H and O–H groups in total. The van der Waals surface area contributed by atoms with Gasteiger partial charge in [0.05, 0.1) is 12.0 Å². The molecule has 1 aliphatic heterocycles. The molecule has 3 aromatic carbocycles. The Morgan fingerprint density at radius 2 is 1.71 bits per heavy atom. The van der Waals surface area contributed by atoms with Crippen LogP contribution in [0.15, 0.2) is 105 Å². The van der Waals surface area contributed by atoms with Crippen LogP contribution in [0.5, 0.6) is 5.75 Å². The number of ether oxygens (including phenoxy) is 1. The van der Waals surface area contributed by atoms with Crippen molar-refractivity contribution in [3.63, 3.8) is 0 Å². The number of fused-ring (bicyclic) bond motifs is 2. The zero-order valence-electron chi connectivity index (χ0n) is 22.5. The number of carbonyl (C=O) groups excluding carboxylic acids is 3. The molecule has 0 saturated heterocycles. The molecule has 3 heterocycles. The predicted molar refractivity (Wildman–Crippen MR) is 157 cm³/mol. The molecule has 204 valence electrons. The number of nitrogens with zero attached hydrogens (tertiary/aromatic N) is 1. The van der Waals surface area contributed by atoms with E-state index in [9.17, 15) is 14.4 Å². The molecule has 6 rings (SSSR count). The fourth-order valence-corrected chi connectivity index (χ4v) is 6.65. The molecule has 0 radical (unpaired) electrons. The van der Waals surface area contributed by atoms with Crippen molar-refractivity contribution in [1.82, 2.24) is 0 Å². The Kier molecular flexibility index (Phi) is 6.63. The van der Waals surface area contributed by atoms with Gasteiger partial charge in [-0.25, -0.2) is 0 Å². The number of hydrogen-bond acceptors (Lipinski definition) is 7. The molecule has 1 amide bonds. The maximum absolute atomic E-state index is 13.4. The van der Waals surface area contributed by atoms with E-state index in [0.717, 1.165) is 10.6 Å². The Bertz CT molecular complexity index is 1840. The lowest BCUT2D eigenvalue weighted by molar-refractivity contribution is -0.131. The number of thioether (sulfide) groups is 1. The summed E-state index contributed by atoms with van der Waals surface area (Å²) in [7, 11) is 0. The largest absolute Gasteiger partial charge is 0.465 e. The molecule has 0 aliphatic carbocycles. The van der Waals surface area contributed by atoms with Crippen LogP contribution in [0.3, 0.4) is 0 Å². The average molecular weight is 564 g/mol. The number of aryl methyl sites for hydroxylation is 1. The van der Waals surface area contributed by atoms with Crippen LogP contribution in [0.1, 0.15) is 46.9 Å². The minimum atomic E-state index is -1.16. The maximum atomic E-state index is 13.4. The number of ketones is 1. The highest BCUT2D eigenvalue weighted by molar-refractivity contribution is 8.01. The molecule has 7 nitrogen and oxygen atoms in total. The summed E-state index contributed by atoms with van der Waals surface area (Å²) in [5.74, 6) is 0.0140. The Morgan fingerprint density at radius 1 is 0.951 bits per heavy atom. The first-order chi connectivity index (χ1) is 19.8. The number of carbonyl (C=O) groups is 3. The molecule has 0 spiro atoms. The Hall–Kier alpha value is -4.82. The van der Waals surface area contributed by atoms with E-state index in [4.69, 9.17) is 13.6 Å². The number of rotatable bonds is 6. The van der Waals surface area contributed by atoms with Gasteiger partial charge >= 0.3 is 5.97 Å². The third-order valence-corrected chi connectivity index (χ3v) is 8.37. The summed E-state index contributed by atoms with van der Waals surface area (Å²) in [6.45, 7) is 4.64. The van der Waals surface area contributed by atoms with E-state index in [1.54, 1.807) is 53.6 Å². The fourth-order valence-electron chi connectivity index (χ4n) is 5.18. The fraction of sp³-hybridized carbons (Fsp3) is 0.121. The van der Waals surface area contributed by atoms with Crippen LogP contribution in [0.25, 0.3) is 17.0 Å². The van der Waals surface area contributed by atoms with Gasteiger partial charge in [0, 0.05) is 46.9 Å². The van der Waals surface area contributed by atoms with Crippen LogP contribution in [0.2, 0.25) is 0 Å². The van der Waals surface area contributed by atoms with Gasteiger partial charge < -0.3 is 13.6 Å². The number of furan rings is 2. The van der Waals surface area contributed by atoms with E-state index < -0.39 is 10.8 Å². The second kappa shape index (κ2) is 10.3. The van der Waals surface area contributed by atoms with E-state index in [0.29, 0.717) is 33.4 Å². The van der Waals surface area contributed by atoms with Crippen molar-refractivity contribution in [3.05, 3.63) is 119 Å². The molecule has 1 unspecified atom stereocenters. The summed E-state index contributed by atoms with van der Waals surface area (Å²) < 4.78 is 17.4. The molecule has 0 saturated carbocycles. The van der Waals surface area contributed by atoms with E-state index in [-0.39, 0.29) is 23.2 Å². The minimum absolute atomic E-state index is 0.197. The van der Waals surface area contributed by atoms with Crippen LogP contribution in [-0.4, -0.2) is 17.7 Å². The predicted octanol–water partition coefficient (Wildman–Crippen LogP) is 7.52. The van der Waals surface area contributed by atoms with Crippen molar-refractivity contribution in [2.45, 2.75) is 30.5 Å². The summed E-state index contributed by atoms with van der Waals surface area (Å²) in [4.78, 5) is 40.5. The first-order valence-corrected chi connectivity index (χ1v) is 13.8. The Balaban J connectivity index is 1.62. The Morgan fingerprint density at radius 3 is 2.41 bits per heavy atom. The number of para-hydroxylation sites is 1. The lowest BCUT2D eigenvalue weighted by Crippen LogP contribution is -2.43. The van der Waals surface area contributed by atoms with E-state index in [2.05, 4.69) is 0 Å². The van der Waals surface area contributed by atoms with Crippen molar-refractivity contribution in [1.29, 1.82) is 0 Å². The van der Waals surface area contributed by atoms with Gasteiger partial charge in [-0.1, -0.05) is 54.2 Å². The number of hydrogen-bond donors (Lipinski definition) is 0. The van der Waals surface area contributed by atoms with Crippen molar-refractivity contribution in [3.8, 4) is 5.75 Å². The monoisotopic (exact) mass is 563 g/mol. The lowest BCUT2D eigenvalue weighted by atomic mass is 9.97. The van der Waals surface area contributed by atoms with Crippen LogP contribution >= 0.6 is 11.8 Å². The molecule has 0 bridgehead atoms. The quantitative estimate of drug-likeness (QED) is 0.120. The van der Waals surface area contributed by atoms with E-state index >= 15 is 0 Å². The number of benzene rings is 3. The third-order valence-electron chi connectivity index (χ3n) is 6.96. The van der Waals surface area contributed by atoms with Gasteiger partial charge in [-0.05, 0) is 49.4 Å². The van der Waals surface area contributed by atoms with Gasteiger partial charge in [-0.3, -0.25) is 19.3 Å². The highest BCUT2D eigenvalue weighted by atomic mass is 32.2. The molecular formula is C33H25NO6S. The summed E-state index contributed by atoms with van der Waals surface area (Å²) >= 11 is 1.45. The van der Waals surface area contributed by atoms with Gasteiger partial charge in [0.15, 0.2) is 5.76 Å². The molecule has 8 heteroatoms. The van der Waals surface area contributed by atoms with Crippen molar-refractivity contribution >= 4 is 52.2 Å². The average Bonchev–Trinajstić information content (AvgIpc) is 3.68. The molecular weight excluding hydrogens is 538 g/mol. The van der Waals surface area contributed by atoms with Crippen LogP contribution in [0.4, 0.5) is 5.69 Å². The zero-order valence-corrected chi connectivity index (χ0v) is 23.4. The van der Waals surface area contributed by atoms with E-state index in [1.165, 1.54) is 25.6 Å².